The van der Waals surface area contributed by atoms with Gasteiger partial charge in [0, 0.05) is 6.54 Å². The highest BCUT2D eigenvalue weighted by Gasteiger charge is 2.14. The van der Waals surface area contributed by atoms with E-state index in [2.05, 4.69) is 48.5 Å². The maximum atomic E-state index is 13.2. The van der Waals surface area contributed by atoms with Gasteiger partial charge in [-0.1, -0.05) is 68.5 Å². The monoisotopic (exact) mass is 430 g/mol. The number of hydrogen-bond donors (Lipinski definition) is 0. The first-order chi connectivity index (χ1) is 15.1. The van der Waals surface area contributed by atoms with Gasteiger partial charge in [0.25, 0.3) is 5.91 Å². The molecule has 0 atom stereocenters. The number of ether oxygens (including phenoxy) is 1. The molecule has 0 bridgehead atoms. The van der Waals surface area contributed by atoms with Crippen LogP contribution in [0.3, 0.4) is 0 Å². The summed E-state index contributed by atoms with van der Waals surface area (Å²) in [5.41, 5.74) is 2.86. The van der Waals surface area contributed by atoms with Crippen molar-refractivity contribution in [2.45, 2.75) is 39.7 Å². The van der Waals surface area contributed by atoms with Gasteiger partial charge < -0.3 is 9.30 Å². The van der Waals surface area contributed by atoms with Crippen molar-refractivity contribution in [3.8, 4) is 11.5 Å². The van der Waals surface area contributed by atoms with Crippen molar-refractivity contribution in [1.82, 2.24) is 4.57 Å². The zero-order chi connectivity index (χ0) is 21.8. The molecule has 0 aliphatic carbocycles. The fraction of sp³-hybridized carbons (Fsp3) is 0.231. The number of thiazole rings is 1. The molecule has 4 rings (SSSR count). The van der Waals surface area contributed by atoms with Crippen molar-refractivity contribution < 1.29 is 9.53 Å². The lowest BCUT2D eigenvalue weighted by molar-refractivity contribution is 0.0995. The van der Waals surface area contributed by atoms with Crippen LogP contribution in [0, 0.1) is 0 Å². The Balaban J connectivity index is 1.76. The number of rotatable bonds is 6. The Morgan fingerprint density at radius 1 is 1.03 bits per heavy atom. The van der Waals surface area contributed by atoms with Crippen molar-refractivity contribution in [3.63, 3.8) is 0 Å². The van der Waals surface area contributed by atoms with E-state index in [1.54, 1.807) is 23.5 Å². The fourth-order valence-corrected chi connectivity index (χ4v) is 4.57. The van der Waals surface area contributed by atoms with Crippen LogP contribution in [-0.4, -0.2) is 10.5 Å². The Labute approximate surface area is 186 Å². The SMILES string of the molecule is CCCn1c(=NC(=O)c2ccccc2Oc2ccccc2)sc2cc(C(C)C)ccc21. The zero-order valence-corrected chi connectivity index (χ0v) is 18.9. The topological polar surface area (TPSA) is 43.6 Å². The molecule has 0 saturated heterocycles. The number of para-hydroxylation sites is 2. The Kier molecular flexibility index (Phi) is 6.33. The number of carbonyl (C=O) groups is 1. The highest BCUT2D eigenvalue weighted by Crippen LogP contribution is 2.26. The third kappa shape index (κ3) is 4.62. The lowest BCUT2D eigenvalue weighted by Crippen LogP contribution is -2.17. The summed E-state index contributed by atoms with van der Waals surface area (Å²) in [5, 5.41) is 0. The Morgan fingerprint density at radius 3 is 2.52 bits per heavy atom. The fourth-order valence-electron chi connectivity index (χ4n) is 3.47. The van der Waals surface area contributed by atoms with Gasteiger partial charge in [0.15, 0.2) is 4.80 Å². The van der Waals surface area contributed by atoms with Crippen LogP contribution in [0.1, 0.15) is 49.0 Å². The van der Waals surface area contributed by atoms with Gasteiger partial charge >= 0.3 is 0 Å². The van der Waals surface area contributed by atoms with Crippen LogP contribution in [0.15, 0.2) is 77.8 Å². The highest BCUT2D eigenvalue weighted by atomic mass is 32.1. The quantitative estimate of drug-likeness (QED) is 0.339. The molecule has 0 radical (unpaired) electrons. The van der Waals surface area contributed by atoms with Crippen molar-refractivity contribution in [2.24, 2.45) is 4.99 Å². The number of benzene rings is 3. The second kappa shape index (κ2) is 9.31. The summed E-state index contributed by atoms with van der Waals surface area (Å²) in [6.45, 7) is 7.32. The molecule has 1 aromatic heterocycles. The second-order valence-electron chi connectivity index (χ2n) is 7.75. The predicted octanol–water partition coefficient (Wildman–Crippen LogP) is 6.77. The number of carbonyl (C=O) groups excluding carboxylic acids is 1. The molecule has 4 nitrogen and oxygen atoms in total. The van der Waals surface area contributed by atoms with E-state index in [1.165, 1.54) is 5.56 Å². The van der Waals surface area contributed by atoms with Gasteiger partial charge in [0.1, 0.15) is 11.5 Å². The molecule has 0 aliphatic rings. The molecular weight excluding hydrogens is 404 g/mol. The molecule has 158 valence electrons. The largest absolute Gasteiger partial charge is 0.457 e. The Morgan fingerprint density at radius 2 is 1.77 bits per heavy atom. The van der Waals surface area contributed by atoms with E-state index >= 15 is 0 Å². The summed E-state index contributed by atoms with van der Waals surface area (Å²) in [4.78, 5) is 18.4. The van der Waals surface area contributed by atoms with Crippen molar-refractivity contribution in [2.75, 3.05) is 0 Å². The summed E-state index contributed by atoms with van der Waals surface area (Å²) in [6, 6.07) is 23.3. The number of hydrogen-bond acceptors (Lipinski definition) is 3. The van der Waals surface area contributed by atoms with Crippen LogP contribution in [0.4, 0.5) is 0 Å². The van der Waals surface area contributed by atoms with Gasteiger partial charge in [-0.15, -0.1) is 0 Å². The van der Waals surface area contributed by atoms with Crippen LogP contribution in [-0.2, 0) is 6.54 Å². The van der Waals surface area contributed by atoms with Gasteiger partial charge in [-0.25, -0.2) is 0 Å². The van der Waals surface area contributed by atoms with E-state index in [0.717, 1.165) is 28.0 Å². The van der Waals surface area contributed by atoms with Gasteiger partial charge in [-0.3, -0.25) is 4.79 Å². The molecule has 1 heterocycles. The average molecular weight is 431 g/mol. The maximum absolute atomic E-state index is 13.2. The molecule has 5 heteroatoms. The number of amides is 1. The Hall–Kier alpha value is -3.18. The van der Waals surface area contributed by atoms with E-state index in [0.29, 0.717) is 23.0 Å². The third-order valence-corrected chi connectivity index (χ3v) is 6.15. The molecule has 1 amide bonds. The van der Waals surface area contributed by atoms with E-state index < -0.39 is 0 Å². The highest BCUT2D eigenvalue weighted by molar-refractivity contribution is 7.16. The summed E-state index contributed by atoms with van der Waals surface area (Å²) in [5.74, 6) is 1.35. The number of aryl methyl sites for hydroxylation is 1. The minimum Gasteiger partial charge on any atom is -0.457 e. The lowest BCUT2D eigenvalue weighted by Gasteiger charge is -2.09. The van der Waals surface area contributed by atoms with E-state index in [1.807, 2.05) is 42.5 Å². The van der Waals surface area contributed by atoms with E-state index in [9.17, 15) is 4.79 Å². The maximum Gasteiger partial charge on any atom is 0.283 e. The van der Waals surface area contributed by atoms with Crippen LogP contribution in [0.5, 0.6) is 11.5 Å². The standard InChI is InChI=1S/C26H26N2O2S/c1-4-16-28-22-15-14-19(18(2)3)17-24(22)31-26(28)27-25(29)21-12-8-9-13-23(21)30-20-10-6-5-7-11-20/h5-15,17-18H,4,16H2,1-3H3. The molecular formula is C26H26N2O2S. The van der Waals surface area contributed by atoms with Gasteiger partial charge in [0.2, 0.25) is 0 Å². The van der Waals surface area contributed by atoms with Gasteiger partial charge in [0.05, 0.1) is 15.8 Å². The molecule has 0 fully saturated rings. The normalized spacial score (nSPS) is 11.9. The third-order valence-electron chi connectivity index (χ3n) is 5.11. The number of nitrogens with zero attached hydrogens (tertiary/aromatic N) is 2. The van der Waals surface area contributed by atoms with Gasteiger partial charge in [-0.2, -0.15) is 4.99 Å². The average Bonchev–Trinajstić information content (AvgIpc) is 3.11. The van der Waals surface area contributed by atoms with E-state index in [-0.39, 0.29) is 5.91 Å². The van der Waals surface area contributed by atoms with Crippen LogP contribution >= 0.6 is 11.3 Å². The molecule has 0 aliphatic heterocycles. The minimum atomic E-state index is -0.299. The predicted molar refractivity (Wildman–Crippen MR) is 127 cm³/mol. The Bertz CT molecular complexity index is 1270. The summed E-state index contributed by atoms with van der Waals surface area (Å²) >= 11 is 1.56. The molecule has 0 saturated carbocycles. The summed E-state index contributed by atoms with van der Waals surface area (Å²) < 4.78 is 9.26. The molecule has 0 spiro atoms. The minimum absolute atomic E-state index is 0.299. The van der Waals surface area contributed by atoms with Crippen LogP contribution in [0.2, 0.25) is 0 Å². The van der Waals surface area contributed by atoms with Crippen LogP contribution in [0.25, 0.3) is 10.2 Å². The van der Waals surface area contributed by atoms with Crippen LogP contribution < -0.4 is 9.54 Å². The molecule has 4 aromatic rings. The first-order valence-electron chi connectivity index (χ1n) is 10.6. The molecule has 0 N–H and O–H groups in total. The van der Waals surface area contributed by atoms with Gasteiger partial charge in [-0.05, 0) is 54.3 Å². The molecule has 31 heavy (non-hydrogen) atoms. The second-order valence-corrected chi connectivity index (χ2v) is 8.76. The van der Waals surface area contributed by atoms with Crippen molar-refractivity contribution in [3.05, 3.63) is 88.7 Å². The number of fused-ring (bicyclic) bond motifs is 1. The zero-order valence-electron chi connectivity index (χ0n) is 18.0. The molecule has 0 unspecified atom stereocenters. The summed E-state index contributed by atoms with van der Waals surface area (Å²) in [7, 11) is 0. The lowest BCUT2D eigenvalue weighted by atomic mass is 10.0. The van der Waals surface area contributed by atoms with E-state index in [4.69, 9.17) is 4.74 Å². The molecule has 3 aromatic carbocycles. The summed E-state index contributed by atoms with van der Waals surface area (Å²) in [6.07, 6.45) is 0.965. The van der Waals surface area contributed by atoms with Crippen molar-refractivity contribution in [1.29, 1.82) is 0 Å². The smallest absolute Gasteiger partial charge is 0.283 e. The van der Waals surface area contributed by atoms with Crippen molar-refractivity contribution >= 4 is 27.5 Å². The first-order valence-corrected chi connectivity index (χ1v) is 11.4. The first kappa shape index (κ1) is 21.1. The number of aromatic nitrogens is 1.